The Balaban J connectivity index is 1.52. The SMILES string of the molecule is CC(C)Cc1nc2ccc(C(=O)N3CCC(Cc4cccnc4)C3)cc2n1CCCN. The average molecular weight is 420 g/mol. The van der Waals surface area contributed by atoms with Crippen molar-refractivity contribution < 1.29 is 4.79 Å². The molecular formula is C25H33N5O. The number of amides is 1. The monoisotopic (exact) mass is 419 g/mol. The fourth-order valence-electron chi connectivity index (χ4n) is 4.54. The van der Waals surface area contributed by atoms with E-state index in [1.165, 1.54) is 5.56 Å². The van der Waals surface area contributed by atoms with Gasteiger partial charge >= 0.3 is 0 Å². The zero-order valence-electron chi connectivity index (χ0n) is 18.6. The second kappa shape index (κ2) is 9.60. The molecule has 6 nitrogen and oxygen atoms in total. The van der Waals surface area contributed by atoms with Crippen molar-refractivity contribution in [3.8, 4) is 0 Å². The highest BCUT2D eigenvalue weighted by atomic mass is 16.2. The molecule has 1 fully saturated rings. The van der Waals surface area contributed by atoms with Gasteiger partial charge in [-0.3, -0.25) is 9.78 Å². The minimum absolute atomic E-state index is 0.118. The van der Waals surface area contributed by atoms with E-state index in [1.807, 2.05) is 35.4 Å². The number of carbonyl (C=O) groups excluding carboxylic acids is 1. The molecule has 3 aromatic rings. The number of aromatic nitrogens is 3. The first-order valence-corrected chi connectivity index (χ1v) is 11.4. The number of imidazole rings is 1. The van der Waals surface area contributed by atoms with E-state index in [9.17, 15) is 4.79 Å². The van der Waals surface area contributed by atoms with Gasteiger partial charge in [-0.1, -0.05) is 19.9 Å². The molecule has 2 N–H and O–H groups in total. The Hall–Kier alpha value is -2.73. The summed E-state index contributed by atoms with van der Waals surface area (Å²) in [5.74, 6) is 2.22. The number of hydrogen-bond donors (Lipinski definition) is 1. The van der Waals surface area contributed by atoms with Crippen LogP contribution in [0.5, 0.6) is 0 Å². The number of nitrogens with two attached hydrogens (primary N) is 1. The fraction of sp³-hybridized carbons (Fsp3) is 0.480. The second-order valence-corrected chi connectivity index (χ2v) is 9.09. The third kappa shape index (κ3) is 4.96. The summed E-state index contributed by atoms with van der Waals surface area (Å²) in [6.07, 6.45) is 7.56. The molecule has 1 saturated heterocycles. The van der Waals surface area contributed by atoms with Gasteiger partial charge in [0, 0.05) is 44.0 Å². The number of fused-ring (bicyclic) bond motifs is 1. The summed E-state index contributed by atoms with van der Waals surface area (Å²) >= 11 is 0. The van der Waals surface area contributed by atoms with Crippen LogP contribution in [-0.2, 0) is 19.4 Å². The molecule has 1 aliphatic heterocycles. The maximum absolute atomic E-state index is 13.3. The lowest BCUT2D eigenvalue weighted by molar-refractivity contribution is 0.0787. The van der Waals surface area contributed by atoms with Crippen molar-refractivity contribution in [2.45, 2.75) is 46.1 Å². The number of rotatable bonds is 8. The van der Waals surface area contributed by atoms with Gasteiger partial charge in [-0.25, -0.2) is 4.98 Å². The molecule has 1 amide bonds. The molecule has 0 radical (unpaired) electrons. The standard InChI is InChI=1S/C25H33N5O/c1-18(2)13-24-28-22-7-6-21(15-23(22)30(24)11-4-9-26)25(31)29-12-8-20(17-29)14-19-5-3-10-27-16-19/h3,5-7,10,15-16,18,20H,4,8-9,11-14,17,26H2,1-2H3. The van der Waals surface area contributed by atoms with Crippen LogP contribution in [0, 0.1) is 11.8 Å². The number of aryl methyl sites for hydroxylation is 1. The summed E-state index contributed by atoms with van der Waals surface area (Å²) in [6.45, 7) is 7.51. The van der Waals surface area contributed by atoms with E-state index in [0.717, 1.165) is 67.7 Å². The first kappa shape index (κ1) is 21.5. The van der Waals surface area contributed by atoms with E-state index in [2.05, 4.69) is 29.5 Å². The highest BCUT2D eigenvalue weighted by Crippen LogP contribution is 2.25. The topological polar surface area (TPSA) is 77.0 Å². The number of nitrogens with zero attached hydrogens (tertiary/aromatic N) is 4. The molecular weight excluding hydrogens is 386 g/mol. The predicted octanol–water partition coefficient (Wildman–Crippen LogP) is 3.68. The summed E-state index contributed by atoms with van der Waals surface area (Å²) in [5, 5.41) is 0. The number of likely N-dealkylation sites (tertiary alicyclic amines) is 1. The molecule has 1 atom stereocenters. The van der Waals surface area contributed by atoms with Crippen LogP contribution in [0.15, 0.2) is 42.7 Å². The molecule has 0 aliphatic carbocycles. The quantitative estimate of drug-likeness (QED) is 0.604. The van der Waals surface area contributed by atoms with Gasteiger partial charge in [-0.05, 0) is 67.5 Å². The molecule has 0 bridgehead atoms. The van der Waals surface area contributed by atoms with Gasteiger partial charge in [0.05, 0.1) is 11.0 Å². The highest BCUT2D eigenvalue weighted by molar-refractivity contribution is 5.97. The van der Waals surface area contributed by atoms with E-state index in [0.29, 0.717) is 18.4 Å². The van der Waals surface area contributed by atoms with Crippen molar-refractivity contribution in [1.29, 1.82) is 0 Å². The molecule has 164 valence electrons. The molecule has 6 heteroatoms. The van der Waals surface area contributed by atoms with Gasteiger partial charge in [0.25, 0.3) is 5.91 Å². The van der Waals surface area contributed by atoms with E-state index < -0.39 is 0 Å². The maximum atomic E-state index is 13.3. The van der Waals surface area contributed by atoms with Crippen molar-refractivity contribution in [3.05, 3.63) is 59.7 Å². The lowest BCUT2D eigenvalue weighted by Gasteiger charge is -2.17. The number of benzene rings is 1. The second-order valence-electron chi connectivity index (χ2n) is 9.09. The van der Waals surface area contributed by atoms with Gasteiger partial charge in [0.15, 0.2) is 0 Å². The van der Waals surface area contributed by atoms with Crippen molar-refractivity contribution in [2.75, 3.05) is 19.6 Å². The van der Waals surface area contributed by atoms with Crippen LogP contribution in [0.3, 0.4) is 0 Å². The minimum Gasteiger partial charge on any atom is -0.338 e. The van der Waals surface area contributed by atoms with Crippen LogP contribution in [0.25, 0.3) is 11.0 Å². The smallest absolute Gasteiger partial charge is 0.253 e. The van der Waals surface area contributed by atoms with Crippen LogP contribution in [0.1, 0.15) is 48.4 Å². The highest BCUT2D eigenvalue weighted by Gasteiger charge is 2.27. The van der Waals surface area contributed by atoms with Gasteiger partial charge < -0.3 is 15.2 Å². The van der Waals surface area contributed by atoms with Gasteiger partial charge in [-0.15, -0.1) is 0 Å². The lowest BCUT2D eigenvalue weighted by Crippen LogP contribution is -2.29. The minimum atomic E-state index is 0.118. The maximum Gasteiger partial charge on any atom is 0.253 e. The predicted molar refractivity (Wildman–Crippen MR) is 124 cm³/mol. The number of pyridine rings is 1. The van der Waals surface area contributed by atoms with Gasteiger partial charge in [-0.2, -0.15) is 0 Å². The Morgan fingerprint density at radius 2 is 2.16 bits per heavy atom. The molecule has 1 unspecified atom stereocenters. The Morgan fingerprint density at radius 3 is 2.90 bits per heavy atom. The summed E-state index contributed by atoms with van der Waals surface area (Å²) in [5.41, 5.74) is 9.76. The Labute approximate surface area is 184 Å². The van der Waals surface area contributed by atoms with Crippen molar-refractivity contribution in [3.63, 3.8) is 0 Å². The zero-order valence-corrected chi connectivity index (χ0v) is 18.6. The molecule has 31 heavy (non-hydrogen) atoms. The Bertz CT molecular complexity index is 1030. The number of carbonyl (C=O) groups is 1. The van der Waals surface area contributed by atoms with Crippen LogP contribution < -0.4 is 5.73 Å². The summed E-state index contributed by atoms with van der Waals surface area (Å²) in [7, 11) is 0. The summed E-state index contributed by atoms with van der Waals surface area (Å²) < 4.78 is 2.26. The van der Waals surface area contributed by atoms with Gasteiger partial charge in [0.1, 0.15) is 5.82 Å². The Morgan fingerprint density at radius 1 is 1.29 bits per heavy atom. The molecule has 0 saturated carbocycles. The molecule has 1 aliphatic rings. The first-order chi connectivity index (χ1) is 15.0. The van der Waals surface area contributed by atoms with E-state index >= 15 is 0 Å². The normalized spacial score (nSPS) is 16.5. The molecule has 4 rings (SSSR count). The fourth-order valence-corrected chi connectivity index (χ4v) is 4.54. The average Bonchev–Trinajstić information content (AvgIpc) is 3.36. The van der Waals surface area contributed by atoms with Crippen LogP contribution in [0.2, 0.25) is 0 Å². The molecule has 0 spiro atoms. The molecule has 2 aromatic heterocycles. The van der Waals surface area contributed by atoms with E-state index in [4.69, 9.17) is 10.7 Å². The van der Waals surface area contributed by atoms with Crippen molar-refractivity contribution >= 4 is 16.9 Å². The molecule has 3 heterocycles. The van der Waals surface area contributed by atoms with Crippen LogP contribution in [-0.4, -0.2) is 45.0 Å². The van der Waals surface area contributed by atoms with Crippen molar-refractivity contribution in [1.82, 2.24) is 19.4 Å². The van der Waals surface area contributed by atoms with Crippen molar-refractivity contribution in [2.24, 2.45) is 17.6 Å². The third-order valence-electron chi connectivity index (χ3n) is 6.07. The molecule has 1 aromatic carbocycles. The zero-order chi connectivity index (χ0) is 21.8. The van der Waals surface area contributed by atoms with E-state index in [-0.39, 0.29) is 5.91 Å². The number of hydrogen-bond acceptors (Lipinski definition) is 4. The van der Waals surface area contributed by atoms with E-state index in [1.54, 1.807) is 6.20 Å². The Kier molecular flexibility index (Phi) is 6.66. The first-order valence-electron chi connectivity index (χ1n) is 11.4. The van der Waals surface area contributed by atoms with Crippen LogP contribution in [0.4, 0.5) is 0 Å². The largest absolute Gasteiger partial charge is 0.338 e. The summed E-state index contributed by atoms with van der Waals surface area (Å²) in [6, 6.07) is 10.0. The lowest BCUT2D eigenvalue weighted by atomic mass is 10.00. The van der Waals surface area contributed by atoms with Crippen LogP contribution >= 0.6 is 0 Å². The summed E-state index contributed by atoms with van der Waals surface area (Å²) in [4.78, 5) is 24.3. The van der Waals surface area contributed by atoms with Gasteiger partial charge in [0.2, 0.25) is 0 Å². The third-order valence-corrected chi connectivity index (χ3v) is 6.07.